The van der Waals surface area contributed by atoms with E-state index in [-0.39, 0.29) is 11.5 Å². The summed E-state index contributed by atoms with van der Waals surface area (Å²) in [5, 5.41) is 33.7. The maximum Gasteiger partial charge on any atom is 0.277 e. The number of nitriles is 1. The lowest BCUT2D eigenvalue weighted by Gasteiger charge is -2.31. The minimum atomic E-state index is -0.343. The fourth-order valence-electron chi connectivity index (χ4n) is 5.40. The summed E-state index contributed by atoms with van der Waals surface area (Å²) in [6.07, 6.45) is 6.20. The number of likely N-dealkylation sites (tertiary alicyclic amines) is 1. The number of tetrazole rings is 1. The SMILES string of the molecule is N#CC1CCN(c2nc(Nc3ccc(CN4CCC(Cc5nn[nH]n5)CC4)cc3)c3c(=O)[nH]ncc3n2)CC1. The van der Waals surface area contributed by atoms with Crippen LogP contribution in [0.15, 0.2) is 35.3 Å². The van der Waals surface area contributed by atoms with Crippen LogP contribution in [0.5, 0.6) is 0 Å². The molecule has 3 N–H and O–H groups in total. The summed E-state index contributed by atoms with van der Waals surface area (Å²) < 4.78 is 0. The molecule has 2 saturated heterocycles. The first-order chi connectivity index (χ1) is 19.1. The predicted octanol–water partition coefficient (Wildman–Crippen LogP) is 2.16. The second-order valence-electron chi connectivity index (χ2n) is 10.3. The molecule has 2 aliphatic rings. The van der Waals surface area contributed by atoms with Gasteiger partial charge < -0.3 is 10.2 Å². The third-order valence-corrected chi connectivity index (χ3v) is 7.66. The Balaban J connectivity index is 1.13. The Labute approximate surface area is 224 Å². The number of anilines is 3. The Kier molecular flexibility index (Phi) is 7.09. The summed E-state index contributed by atoms with van der Waals surface area (Å²) in [6.45, 7) is 4.37. The number of rotatable bonds is 7. The van der Waals surface area contributed by atoms with Crippen molar-refractivity contribution in [3.05, 3.63) is 52.2 Å². The molecule has 13 heteroatoms. The summed E-state index contributed by atoms with van der Waals surface area (Å²) >= 11 is 0. The highest BCUT2D eigenvalue weighted by Crippen LogP contribution is 2.27. The van der Waals surface area contributed by atoms with Crippen molar-refractivity contribution in [2.45, 2.75) is 38.6 Å². The van der Waals surface area contributed by atoms with Crippen LogP contribution in [0.25, 0.3) is 10.9 Å². The van der Waals surface area contributed by atoms with E-state index in [1.54, 1.807) is 6.20 Å². The van der Waals surface area contributed by atoms with Crippen molar-refractivity contribution in [2.75, 3.05) is 36.4 Å². The Bertz CT molecular complexity index is 1490. The van der Waals surface area contributed by atoms with Crippen LogP contribution < -0.4 is 15.8 Å². The maximum absolute atomic E-state index is 12.6. The molecule has 1 aromatic carbocycles. The van der Waals surface area contributed by atoms with E-state index < -0.39 is 0 Å². The van der Waals surface area contributed by atoms with E-state index in [0.717, 1.165) is 63.3 Å². The molecule has 39 heavy (non-hydrogen) atoms. The first kappa shape index (κ1) is 24.9. The Morgan fingerprint density at radius 3 is 2.56 bits per heavy atom. The Hall–Kier alpha value is -4.44. The topological polar surface area (TPSA) is 168 Å². The monoisotopic (exact) mass is 526 g/mol. The Morgan fingerprint density at radius 2 is 1.85 bits per heavy atom. The molecule has 0 unspecified atom stereocenters. The van der Waals surface area contributed by atoms with E-state index in [2.05, 4.69) is 69.1 Å². The fraction of sp³-hybridized carbons (Fsp3) is 0.462. The normalized spacial score (nSPS) is 17.4. The third-order valence-electron chi connectivity index (χ3n) is 7.66. The molecule has 5 heterocycles. The van der Waals surface area contributed by atoms with Crippen LogP contribution in [0.1, 0.15) is 37.1 Å². The molecular formula is C26H30N12O. The maximum atomic E-state index is 12.6. The largest absolute Gasteiger partial charge is 0.341 e. The van der Waals surface area contributed by atoms with Crippen molar-refractivity contribution in [2.24, 2.45) is 11.8 Å². The average Bonchev–Trinajstić information content (AvgIpc) is 3.48. The number of benzene rings is 1. The average molecular weight is 527 g/mol. The summed E-state index contributed by atoms with van der Waals surface area (Å²) in [7, 11) is 0. The van der Waals surface area contributed by atoms with Crippen molar-refractivity contribution >= 4 is 28.4 Å². The molecule has 0 aliphatic carbocycles. The molecule has 3 aromatic heterocycles. The standard InChI is InChI=1S/C26H30N12O/c27-14-18-7-11-38(12-8-18)26-30-21-15-28-34-25(39)23(21)24(31-26)29-20-3-1-19(2-4-20)16-37-9-5-17(6-10-37)13-22-32-35-36-33-22/h1-4,15,17-18H,5-13,16H2,(H,34,39)(H,29,30,31)(H,32,33,35,36). The number of piperidine rings is 2. The lowest BCUT2D eigenvalue weighted by Crippen LogP contribution is -2.34. The third kappa shape index (κ3) is 5.70. The highest BCUT2D eigenvalue weighted by atomic mass is 16.1. The minimum absolute atomic E-state index is 0.0606. The second kappa shape index (κ2) is 11.1. The van der Waals surface area contributed by atoms with Gasteiger partial charge in [-0.2, -0.15) is 20.6 Å². The molecular weight excluding hydrogens is 496 g/mol. The zero-order valence-electron chi connectivity index (χ0n) is 21.5. The van der Waals surface area contributed by atoms with Gasteiger partial charge in [-0.05, 0) is 62.4 Å². The molecule has 6 rings (SSSR count). The van der Waals surface area contributed by atoms with Crippen molar-refractivity contribution in [3.63, 3.8) is 0 Å². The van der Waals surface area contributed by atoms with Gasteiger partial charge in [0.2, 0.25) is 5.95 Å². The molecule has 200 valence electrons. The van der Waals surface area contributed by atoms with Gasteiger partial charge in [0.15, 0.2) is 5.82 Å². The molecule has 2 fully saturated rings. The first-order valence-electron chi connectivity index (χ1n) is 13.4. The molecule has 0 bridgehead atoms. The lowest BCUT2D eigenvalue weighted by atomic mass is 9.93. The fourth-order valence-corrected chi connectivity index (χ4v) is 5.40. The van der Waals surface area contributed by atoms with Gasteiger partial charge in [-0.3, -0.25) is 9.69 Å². The summed E-state index contributed by atoms with van der Waals surface area (Å²) in [6, 6.07) is 10.6. The number of fused-ring (bicyclic) bond motifs is 1. The van der Waals surface area contributed by atoms with E-state index in [1.807, 2.05) is 12.1 Å². The van der Waals surface area contributed by atoms with Gasteiger partial charge in [0.1, 0.15) is 16.7 Å². The van der Waals surface area contributed by atoms with E-state index in [1.165, 1.54) is 5.56 Å². The number of nitrogens with zero attached hydrogens (tertiary/aromatic N) is 9. The Morgan fingerprint density at radius 1 is 1.05 bits per heavy atom. The molecule has 4 aromatic rings. The first-order valence-corrected chi connectivity index (χ1v) is 13.4. The second-order valence-corrected chi connectivity index (χ2v) is 10.3. The van der Waals surface area contributed by atoms with Crippen LogP contribution in [0.4, 0.5) is 17.5 Å². The molecule has 2 aliphatic heterocycles. The van der Waals surface area contributed by atoms with E-state index in [0.29, 0.717) is 41.7 Å². The molecule has 0 spiro atoms. The number of aromatic nitrogens is 8. The zero-order valence-corrected chi connectivity index (χ0v) is 21.5. The summed E-state index contributed by atoms with van der Waals surface area (Å²) in [5.41, 5.74) is 2.20. The highest BCUT2D eigenvalue weighted by Gasteiger charge is 2.23. The molecule has 0 radical (unpaired) electrons. The van der Waals surface area contributed by atoms with Crippen molar-refractivity contribution in [1.82, 2.24) is 45.7 Å². The number of aromatic amines is 2. The number of hydrogen-bond donors (Lipinski definition) is 3. The number of H-pyrrole nitrogens is 2. The molecule has 0 saturated carbocycles. The van der Waals surface area contributed by atoms with E-state index in [9.17, 15) is 10.1 Å². The zero-order chi connectivity index (χ0) is 26.6. The van der Waals surface area contributed by atoms with Crippen LogP contribution in [0.2, 0.25) is 0 Å². The van der Waals surface area contributed by atoms with Gasteiger partial charge >= 0.3 is 0 Å². The molecule has 13 nitrogen and oxygen atoms in total. The van der Waals surface area contributed by atoms with Gasteiger partial charge in [0, 0.05) is 37.7 Å². The highest BCUT2D eigenvalue weighted by molar-refractivity contribution is 5.90. The minimum Gasteiger partial charge on any atom is -0.341 e. The van der Waals surface area contributed by atoms with Gasteiger partial charge in [-0.1, -0.05) is 17.3 Å². The van der Waals surface area contributed by atoms with Crippen molar-refractivity contribution in [3.8, 4) is 6.07 Å². The van der Waals surface area contributed by atoms with Crippen LogP contribution >= 0.6 is 0 Å². The molecule has 0 atom stereocenters. The number of hydrogen-bond acceptors (Lipinski definition) is 11. The van der Waals surface area contributed by atoms with Crippen molar-refractivity contribution in [1.29, 1.82) is 5.26 Å². The lowest BCUT2D eigenvalue weighted by molar-refractivity contribution is 0.176. The van der Waals surface area contributed by atoms with E-state index >= 15 is 0 Å². The van der Waals surface area contributed by atoms with Crippen molar-refractivity contribution < 1.29 is 0 Å². The van der Waals surface area contributed by atoms with Gasteiger partial charge in [-0.15, -0.1) is 10.2 Å². The van der Waals surface area contributed by atoms with Crippen LogP contribution in [-0.4, -0.2) is 71.9 Å². The predicted molar refractivity (Wildman–Crippen MR) is 144 cm³/mol. The van der Waals surface area contributed by atoms with Crippen LogP contribution in [0.3, 0.4) is 0 Å². The van der Waals surface area contributed by atoms with Crippen LogP contribution in [-0.2, 0) is 13.0 Å². The smallest absolute Gasteiger partial charge is 0.277 e. The van der Waals surface area contributed by atoms with E-state index in [4.69, 9.17) is 4.98 Å². The van der Waals surface area contributed by atoms with Gasteiger partial charge in [-0.25, -0.2) is 10.1 Å². The molecule has 0 amide bonds. The quantitative estimate of drug-likeness (QED) is 0.323. The summed E-state index contributed by atoms with van der Waals surface area (Å²) in [5.74, 6) is 2.42. The van der Waals surface area contributed by atoms with Crippen LogP contribution in [0, 0.1) is 23.2 Å². The van der Waals surface area contributed by atoms with Gasteiger partial charge in [0.25, 0.3) is 5.56 Å². The van der Waals surface area contributed by atoms with Gasteiger partial charge in [0.05, 0.1) is 12.3 Å². The summed E-state index contributed by atoms with van der Waals surface area (Å²) in [4.78, 5) is 26.5. The number of nitrogens with one attached hydrogen (secondary N) is 3.